The summed E-state index contributed by atoms with van der Waals surface area (Å²) in [6.45, 7) is 0.200. The molecule has 0 amide bonds. The molecule has 0 bridgehead atoms. The Balaban J connectivity index is 2.09. The zero-order valence-corrected chi connectivity index (χ0v) is 10.3. The second-order valence-electron chi connectivity index (χ2n) is 4.97. The fourth-order valence-corrected chi connectivity index (χ4v) is 2.78. The third-order valence-corrected chi connectivity index (χ3v) is 3.72. The van der Waals surface area contributed by atoms with Gasteiger partial charge in [0.25, 0.3) is 0 Å². The molecule has 0 spiro atoms. The normalized spacial score (nSPS) is 14.4. The molecule has 2 heteroatoms. The highest BCUT2D eigenvalue weighted by atomic mass is 16.5. The lowest BCUT2D eigenvalue weighted by atomic mass is 9.95. The zero-order valence-electron chi connectivity index (χ0n) is 10.3. The van der Waals surface area contributed by atoms with Crippen molar-refractivity contribution in [2.45, 2.75) is 6.42 Å². The number of rotatable bonds is 0. The van der Waals surface area contributed by atoms with Gasteiger partial charge in [-0.05, 0) is 39.7 Å². The van der Waals surface area contributed by atoms with Crippen LogP contribution in [-0.2, 0) is 11.2 Å². The molecule has 92 valence electrons. The molecule has 0 radical (unpaired) electrons. The maximum atomic E-state index is 11.6. The van der Waals surface area contributed by atoms with Gasteiger partial charge in [0.1, 0.15) is 12.4 Å². The smallest absolute Gasteiger partial charge is 0.174 e. The molecule has 0 saturated carbocycles. The van der Waals surface area contributed by atoms with Crippen molar-refractivity contribution < 1.29 is 9.53 Å². The summed E-state index contributed by atoms with van der Waals surface area (Å²) in [4.78, 5) is 11.6. The second-order valence-corrected chi connectivity index (χ2v) is 4.97. The van der Waals surface area contributed by atoms with Gasteiger partial charge < -0.3 is 4.74 Å². The van der Waals surface area contributed by atoms with Gasteiger partial charge in [0.05, 0.1) is 0 Å². The molecule has 0 N–H and O–H groups in total. The fourth-order valence-electron chi connectivity index (χ4n) is 2.78. The highest BCUT2D eigenvalue weighted by Gasteiger charge is 2.19. The average Bonchev–Trinajstić information content (AvgIpc) is 2.45. The molecule has 0 atom stereocenters. The number of ketones is 1. The summed E-state index contributed by atoms with van der Waals surface area (Å²) in [5.41, 5.74) is 1.03. The summed E-state index contributed by atoms with van der Waals surface area (Å²) in [5, 5.41) is 4.71. The van der Waals surface area contributed by atoms with Crippen molar-refractivity contribution in [3.63, 3.8) is 0 Å². The van der Waals surface area contributed by atoms with E-state index in [-0.39, 0.29) is 12.4 Å². The van der Waals surface area contributed by atoms with Crippen LogP contribution in [0.25, 0.3) is 21.5 Å². The van der Waals surface area contributed by atoms with Gasteiger partial charge in [0.15, 0.2) is 5.78 Å². The molecule has 4 rings (SSSR count). The van der Waals surface area contributed by atoms with Crippen molar-refractivity contribution in [2.75, 3.05) is 6.61 Å². The van der Waals surface area contributed by atoms with E-state index in [9.17, 15) is 4.79 Å². The lowest BCUT2D eigenvalue weighted by molar-refractivity contribution is -0.121. The van der Waals surface area contributed by atoms with E-state index in [0.717, 1.165) is 22.1 Å². The first-order chi connectivity index (χ1) is 9.31. The van der Waals surface area contributed by atoms with Gasteiger partial charge >= 0.3 is 0 Å². The summed E-state index contributed by atoms with van der Waals surface area (Å²) in [7, 11) is 0. The number of carbonyl (C=O) groups is 1. The van der Waals surface area contributed by atoms with Gasteiger partial charge in [0, 0.05) is 12.0 Å². The van der Waals surface area contributed by atoms with Crippen LogP contribution >= 0.6 is 0 Å². The molecular formula is C17H12O2. The van der Waals surface area contributed by atoms with Gasteiger partial charge in [-0.1, -0.05) is 30.3 Å². The van der Waals surface area contributed by atoms with E-state index in [0.29, 0.717) is 6.42 Å². The van der Waals surface area contributed by atoms with Crippen molar-refractivity contribution in [1.82, 2.24) is 0 Å². The van der Waals surface area contributed by atoms with Crippen molar-refractivity contribution in [3.05, 3.63) is 54.1 Å². The Morgan fingerprint density at radius 1 is 0.895 bits per heavy atom. The first-order valence-electron chi connectivity index (χ1n) is 6.40. The highest BCUT2D eigenvalue weighted by Crippen LogP contribution is 2.33. The molecule has 1 aliphatic rings. The third-order valence-electron chi connectivity index (χ3n) is 3.72. The van der Waals surface area contributed by atoms with Crippen LogP contribution in [0.4, 0.5) is 0 Å². The molecule has 1 heterocycles. The Hall–Kier alpha value is -2.35. The fraction of sp³-hybridized carbons (Fsp3) is 0.118. The molecule has 0 fully saturated rings. The van der Waals surface area contributed by atoms with Crippen LogP contribution in [0.3, 0.4) is 0 Å². The van der Waals surface area contributed by atoms with Crippen LogP contribution in [0.15, 0.2) is 48.5 Å². The molecule has 19 heavy (non-hydrogen) atoms. The molecule has 2 nitrogen and oxygen atoms in total. The van der Waals surface area contributed by atoms with Crippen LogP contribution in [0.2, 0.25) is 0 Å². The molecular weight excluding hydrogens is 236 g/mol. The number of hydrogen-bond donors (Lipinski definition) is 0. The molecule has 3 aromatic rings. The Labute approximate surface area is 110 Å². The van der Waals surface area contributed by atoms with Crippen LogP contribution in [0.1, 0.15) is 5.56 Å². The topological polar surface area (TPSA) is 26.3 Å². The summed E-state index contributed by atoms with van der Waals surface area (Å²) in [6, 6.07) is 16.6. The number of hydrogen-bond acceptors (Lipinski definition) is 2. The quantitative estimate of drug-likeness (QED) is 0.569. The van der Waals surface area contributed by atoms with Crippen LogP contribution in [0, 0.1) is 0 Å². The molecule has 0 aliphatic carbocycles. The standard InChI is InChI=1S/C17H12O2/c18-14-9-16-15-8-12-4-2-1-3-11(12)7-13(15)5-6-17(16)19-10-14/h1-8H,9-10H2. The van der Waals surface area contributed by atoms with E-state index in [1.54, 1.807) is 0 Å². The van der Waals surface area contributed by atoms with Gasteiger partial charge in [-0.3, -0.25) is 4.79 Å². The number of benzene rings is 3. The van der Waals surface area contributed by atoms with Gasteiger partial charge in [0.2, 0.25) is 0 Å². The Bertz CT molecular complexity index is 818. The lowest BCUT2D eigenvalue weighted by Crippen LogP contribution is -2.20. The van der Waals surface area contributed by atoms with E-state index in [1.807, 2.05) is 18.2 Å². The number of Topliss-reactive ketones (excluding diaryl/α,β-unsaturated/α-hetero) is 1. The number of carbonyl (C=O) groups excluding carboxylic acids is 1. The van der Waals surface area contributed by atoms with E-state index in [4.69, 9.17) is 4.74 Å². The Morgan fingerprint density at radius 2 is 1.68 bits per heavy atom. The minimum Gasteiger partial charge on any atom is -0.486 e. The molecule has 0 unspecified atom stereocenters. The zero-order chi connectivity index (χ0) is 12.8. The lowest BCUT2D eigenvalue weighted by Gasteiger charge is -2.18. The summed E-state index contributed by atoms with van der Waals surface area (Å²) < 4.78 is 5.51. The average molecular weight is 248 g/mol. The van der Waals surface area contributed by atoms with Crippen molar-refractivity contribution in [3.8, 4) is 5.75 Å². The monoisotopic (exact) mass is 248 g/mol. The first kappa shape index (κ1) is 10.6. The molecule has 1 aliphatic heterocycles. The molecule has 3 aromatic carbocycles. The predicted octanol–water partition coefficient (Wildman–Crippen LogP) is 3.50. The van der Waals surface area contributed by atoms with Crippen molar-refractivity contribution in [1.29, 1.82) is 0 Å². The van der Waals surface area contributed by atoms with Crippen molar-refractivity contribution >= 4 is 27.3 Å². The first-order valence-corrected chi connectivity index (χ1v) is 6.40. The minimum absolute atomic E-state index is 0.146. The van der Waals surface area contributed by atoms with E-state index >= 15 is 0 Å². The molecule has 0 aromatic heterocycles. The Morgan fingerprint density at radius 3 is 2.53 bits per heavy atom. The van der Waals surface area contributed by atoms with Gasteiger partial charge in [-0.25, -0.2) is 0 Å². The maximum Gasteiger partial charge on any atom is 0.174 e. The summed E-state index contributed by atoms with van der Waals surface area (Å²) >= 11 is 0. The van der Waals surface area contributed by atoms with Gasteiger partial charge in [-0.2, -0.15) is 0 Å². The Kier molecular flexibility index (Phi) is 2.12. The number of ether oxygens (including phenoxy) is 1. The number of fused-ring (bicyclic) bond motifs is 4. The van der Waals surface area contributed by atoms with Crippen LogP contribution in [-0.4, -0.2) is 12.4 Å². The highest BCUT2D eigenvalue weighted by molar-refractivity contribution is 6.02. The van der Waals surface area contributed by atoms with E-state index < -0.39 is 0 Å². The van der Waals surface area contributed by atoms with Crippen LogP contribution < -0.4 is 4.74 Å². The predicted molar refractivity (Wildman–Crippen MR) is 75.7 cm³/mol. The summed E-state index contributed by atoms with van der Waals surface area (Å²) in [6.07, 6.45) is 0.477. The van der Waals surface area contributed by atoms with E-state index in [2.05, 4.69) is 30.3 Å². The third kappa shape index (κ3) is 1.60. The largest absolute Gasteiger partial charge is 0.486 e. The summed E-state index contributed by atoms with van der Waals surface area (Å²) in [5.74, 6) is 0.996. The van der Waals surface area contributed by atoms with Crippen molar-refractivity contribution in [2.24, 2.45) is 0 Å². The van der Waals surface area contributed by atoms with Gasteiger partial charge in [-0.15, -0.1) is 0 Å². The van der Waals surface area contributed by atoms with E-state index in [1.165, 1.54) is 10.8 Å². The maximum absolute atomic E-state index is 11.6. The molecule has 0 saturated heterocycles. The SMILES string of the molecule is O=C1COc2ccc3cc4ccccc4cc3c2C1. The second kappa shape index (κ2) is 3.82. The minimum atomic E-state index is 0.146. The van der Waals surface area contributed by atoms with Crippen LogP contribution in [0.5, 0.6) is 5.75 Å².